The van der Waals surface area contributed by atoms with Crippen molar-refractivity contribution in [3.05, 3.63) is 236 Å². The largest absolute Gasteiger partial charge is 0.456 e. The van der Waals surface area contributed by atoms with E-state index < -0.39 is 0 Å². The number of furan rings is 1. The van der Waals surface area contributed by atoms with E-state index in [1.807, 2.05) is 12.1 Å². The van der Waals surface area contributed by atoms with Gasteiger partial charge in [-0.1, -0.05) is 178 Å². The number of hydrogen-bond donors (Lipinski definition) is 0. The third-order valence-electron chi connectivity index (χ3n) is 13.3. The van der Waals surface area contributed by atoms with Gasteiger partial charge in [-0.2, -0.15) is 0 Å². The molecule has 0 atom stereocenters. The van der Waals surface area contributed by atoms with Crippen LogP contribution in [0.5, 0.6) is 0 Å². The lowest BCUT2D eigenvalue weighted by Crippen LogP contribution is -2.16. The molecule has 0 N–H and O–H groups in total. The zero-order valence-corrected chi connectivity index (χ0v) is 35.2. The molecule has 0 saturated carbocycles. The van der Waals surface area contributed by atoms with E-state index in [1.54, 1.807) is 0 Å². The van der Waals surface area contributed by atoms with Crippen molar-refractivity contribution in [1.29, 1.82) is 0 Å². The molecule has 11 aromatic rings. The predicted molar refractivity (Wildman–Crippen MR) is 265 cm³/mol. The van der Waals surface area contributed by atoms with Crippen molar-refractivity contribution in [1.82, 2.24) is 0 Å². The second kappa shape index (κ2) is 14.6. The molecule has 63 heavy (non-hydrogen) atoms. The standard InChI is InChI=1S/C61H43NO/c1-61(2)57-38-47(40-11-4-3-5-12-40)27-34-53(57)54-35-33-50(39-58(54)61)62(49-31-25-43(26-32-49)46-28-36-60-56(37-46)55-16-8-9-18-59(55)63-60)48-29-23-42(24-30-48)41-19-21-45(22-20-41)52-17-10-14-44-13-6-7-15-51(44)52/h3-39H,1-2H3. The number of nitrogens with zero attached hydrogens (tertiary/aromatic N) is 1. The molecule has 1 aromatic heterocycles. The van der Waals surface area contributed by atoms with E-state index in [0.29, 0.717) is 0 Å². The van der Waals surface area contributed by atoms with E-state index in [0.717, 1.165) is 50.1 Å². The molecule has 0 amide bonds. The molecule has 1 heterocycles. The minimum absolute atomic E-state index is 0.182. The fourth-order valence-electron chi connectivity index (χ4n) is 9.95. The molecule has 0 bridgehead atoms. The predicted octanol–water partition coefficient (Wildman–Crippen LogP) is 17.2. The minimum Gasteiger partial charge on any atom is -0.456 e. The summed E-state index contributed by atoms with van der Waals surface area (Å²) in [5, 5.41) is 4.80. The molecule has 0 saturated heterocycles. The summed E-state index contributed by atoms with van der Waals surface area (Å²) >= 11 is 0. The molecule has 2 nitrogen and oxygen atoms in total. The number of anilines is 3. The molecule has 298 valence electrons. The topological polar surface area (TPSA) is 16.4 Å². The molecular formula is C61H43NO. The maximum atomic E-state index is 6.15. The van der Waals surface area contributed by atoms with Crippen molar-refractivity contribution in [2.75, 3.05) is 4.90 Å². The second-order valence-electron chi connectivity index (χ2n) is 17.3. The molecule has 1 aliphatic rings. The zero-order chi connectivity index (χ0) is 42.1. The summed E-state index contributed by atoms with van der Waals surface area (Å²) in [7, 11) is 0. The van der Waals surface area contributed by atoms with Crippen LogP contribution < -0.4 is 4.90 Å². The van der Waals surface area contributed by atoms with Crippen molar-refractivity contribution in [2.24, 2.45) is 0 Å². The van der Waals surface area contributed by atoms with Crippen LogP contribution in [0.4, 0.5) is 17.1 Å². The maximum absolute atomic E-state index is 6.15. The maximum Gasteiger partial charge on any atom is 0.135 e. The summed E-state index contributed by atoms with van der Waals surface area (Å²) in [6.45, 7) is 4.74. The molecule has 10 aromatic carbocycles. The molecule has 0 radical (unpaired) electrons. The molecule has 0 fully saturated rings. The van der Waals surface area contributed by atoms with Crippen molar-refractivity contribution in [3.63, 3.8) is 0 Å². The highest BCUT2D eigenvalue weighted by molar-refractivity contribution is 6.06. The smallest absolute Gasteiger partial charge is 0.135 e. The average Bonchev–Trinajstić information content (AvgIpc) is 3.83. The van der Waals surface area contributed by atoms with E-state index in [2.05, 4.69) is 231 Å². The summed E-state index contributed by atoms with van der Waals surface area (Å²) in [6, 6.07) is 81.7. The highest BCUT2D eigenvalue weighted by Gasteiger charge is 2.36. The van der Waals surface area contributed by atoms with Gasteiger partial charge in [-0.25, -0.2) is 0 Å². The fraction of sp³-hybridized carbons (Fsp3) is 0.0492. The normalized spacial score (nSPS) is 12.7. The van der Waals surface area contributed by atoms with E-state index in [1.165, 1.54) is 66.4 Å². The summed E-state index contributed by atoms with van der Waals surface area (Å²) in [5.41, 5.74) is 19.9. The third kappa shape index (κ3) is 6.25. The van der Waals surface area contributed by atoms with Crippen LogP contribution in [0.3, 0.4) is 0 Å². The van der Waals surface area contributed by atoms with Crippen LogP contribution in [-0.2, 0) is 5.41 Å². The minimum atomic E-state index is -0.182. The first-order chi connectivity index (χ1) is 31.0. The van der Waals surface area contributed by atoms with Crippen LogP contribution in [0, 0.1) is 0 Å². The summed E-state index contributed by atoms with van der Waals surface area (Å²) in [4.78, 5) is 2.40. The van der Waals surface area contributed by atoms with E-state index in [9.17, 15) is 0 Å². The third-order valence-corrected chi connectivity index (χ3v) is 13.3. The Labute approximate surface area is 368 Å². The lowest BCUT2D eigenvalue weighted by Gasteiger charge is -2.28. The van der Waals surface area contributed by atoms with Gasteiger partial charge in [0.1, 0.15) is 11.2 Å². The van der Waals surface area contributed by atoms with E-state index >= 15 is 0 Å². The molecule has 0 aliphatic heterocycles. The van der Waals surface area contributed by atoms with Gasteiger partial charge in [-0.15, -0.1) is 0 Å². The van der Waals surface area contributed by atoms with Gasteiger partial charge in [0.15, 0.2) is 0 Å². The molecule has 1 aliphatic carbocycles. The molecule has 0 spiro atoms. The second-order valence-corrected chi connectivity index (χ2v) is 17.3. The lowest BCUT2D eigenvalue weighted by atomic mass is 9.81. The van der Waals surface area contributed by atoms with Crippen molar-refractivity contribution in [3.8, 4) is 55.6 Å². The Morgan fingerprint density at radius 3 is 1.56 bits per heavy atom. The first-order valence-electron chi connectivity index (χ1n) is 21.8. The SMILES string of the molecule is CC1(C)c2cc(-c3ccccc3)ccc2-c2ccc(N(c3ccc(-c4ccc(-c5cccc6ccccc56)cc4)cc3)c3ccc(-c4ccc5oc6ccccc6c5c4)cc3)cc21. The van der Waals surface area contributed by atoms with Crippen LogP contribution in [0.2, 0.25) is 0 Å². The number of hydrogen-bond acceptors (Lipinski definition) is 2. The van der Waals surface area contributed by atoms with Crippen LogP contribution >= 0.6 is 0 Å². The summed E-state index contributed by atoms with van der Waals surface area (Å²) in [5.74, 6) is 0. The van der Waals surface area contributed by atoms with Gasteiger partial charge in [0.2, 0.25) is 0 Å². The molecule has 2 heteroatoms. The van der Waals surface area contributed by atoms with Crippen LogP contribution in [0.15, 0.2) is 229 Å². The molecular weight excluding hydrogens is 763 g/mol. The average molecular weight is 806 g/mol. The first-order valence-corrected chi connectivity index (χ1v) is 21.8. The van der Waals surface area contributed by atoms with E-state index in [4.69, 9.17) is 4.42 Å². The molecule has 0 unspecified atom stereocenters. The Morgan fingerprint density at radius 1 is 0.317 bits per heavy atom. The fourth-order valence-corrected chi connectivity index (χ4v) is 9.95. The Kier molecular flexibility index (Phi) is 8.55. The van der Waals surface area contributed by atoms with Crippen LogP contribution in [0.25, 0.3) is 88.3 Å². The lowest BCUT2D eigenvalue weighted by molar-refractivity contribution is 0.660. The summed E-state index contributed by atoms with van der Waals surface area (Å²) in [6.07, 6.45) is 0. The highest BCUT2D eigenvalue weighted by Crippen LogP contribution is 2.52. The number of para-hydroxylation sites is 1. The van der Waals surface area contributed by atoms with E-state index in [-0.39, 0.29) is 5.41 Å². The monoisotopic (exact) mass is 805 g/mol. The van der Waals surface area contributed by atoms with Crippen LogP contribution in [0.1, 0.15) is 25.0 Å². The van der Waals surface area contributed by atoms with Crippen molar-refractivity contribution >= 4 is 49.8 Å². The van der Waals surface area contributed by atoms with Crippen LogP contribution in [-0.4, -0.2) is 0 Å². The Morgan fingerprint density at radius 2 is 0.810 bits per heavy atom. The van der Waals surface area contributed by atoms with Gasteiger partial charge in [-0.05, 0) is 138 Å². The highest BCUT2D eigenvalue weighted by atomic mass is 16.3. The van der Waals surface area contributed by atoms with Gasteiger partial charge < -0.3 is 9.32 Å². The Balaban J connectivity index is 0.919. The quantitative estimate of drug-likeness (QED) is 0.160. The Bertz CT molecular complexity index is 3500. The summed E-state index contributed by atoms with van der Waals surface area (Å²) < 4.78 is 6.15. The zero-order valence-electron chi connectivity index (χ0n) is 35.2. The van der Waals surface area contributed by atoms with Gasteiger partial charge in [0, 0.05) is 33.2 Å². The first kappa shape index (κ1) is 36.9. The number of benzene rings is 10. The Hall–Kier alpha value is -7.94. The van der Waals surface area contributed by atoms with Crippen molar-refractivity contribution in [2.45, 2.75) is 19.3 Å². The number of fused-ring (bicyclic) bond motifs is 7. The van der Waals surface area contributed by atoms with Gasteiger partial charge >= 0.3 is 0 Å². The number of rotatable bonds is 7. The van der Waals surface area contributed by atoms with Crippen molar-refractivity contribution < 1.29 is 4.42 Å². The van der Waals surface area contributed by atoms with Gasteiger partial charge in [0.05, 0.1) is 0 Å². The van der Waals surface area contributed by atoms with Gasteiger partial charge in [-0.3, -0.25) is 0 Å². The van der Waals surface area contributed by atoms with Gasteiger partial charge in [0.25, 0.3) is 0 Å². The molecule has 12 rings (SSSR count).